The summed E-state index contributed by atoms with van der Waals surface area (Å²) in [5.41, 5.74) is 7.34. The summed E-state index contributed by atoms with van der Waals surface area (Å²) in [5.74, 6) is -0.427. The fourth-order valence-electron chi connectivity index (χ4n) is 3.73. The van der Waals surface area contributed by atoms with Crippen LogP contribution >= 0.6 is 15.9 Å². The highest BCUT2D eigenvalue weighted by Gasteiger charge is 2.25. The predicted molar refractivity (Wildman–Crippen MR) is 140 cm³/mol. The number of carboxylic acids is 1. The maximum absolute atomic E-state index is 12.6. The number of primary amides is 1. The normalized spacial score (nSPS) is 11.3. The van der Waals surface area contributed by atoms with Gasteiger partial charge in [0.05, 0.1) is 30.1 Å². The molecule has 0 bridgehead atoms. The van der Waals surface area contributed by atoms with E-state index in [4.69, 9.17) is 20.3 Å². The van der Waals surface area contributed by atoms with Gasteiger partial charge in [-0.05, 0) is 71.4 Å². The zero-order valence-corrected chi connectivity index (χ0v) is 21.6. The number of aromatic carboxylic acids is 1. The van der Waals surface area contributed by atoms with E-state index in [2.05, 4.69) is 15.9 Å². The molecule has 0 saturated heterocycles. The van der Waals surface area contributed by atoms with Crippen molar-refractivity contribution in [1.82, 2.24) is 0 Å². The lowest BCUT2D eigenvalue weighted by Gasteiger charge is -2.30. The molecular formula is C26H26BrN3O6. The van der Waals surface area contributed by atoms with Crippen LogP contribution in [0.2, 0.25) is 0 Å². The highest BCUT2D eigenvalue weighted by atomic mass is 79.9. The van der Waals surface area contributed by atoms with Crippen LogP contribution in [0, 0.1) is 0 Å². The lowest BCUT2D eigenvalue weighted by atomic mass is 10.1. The van der Waals surface area contributed by atoms with Crippen LogP contribution in [-0.4, -0.2) is 42.8 Å². The molecule has 3 N–H and O–H groups in total. The molecule has 0 aliphatic heterocycles. The van der Waals surface area contributed by atoms with Gasteiger partial charge in [0.1, 0.15) is 18.1 Å². The van der Waals surface area contributed by atoms with Gasteiger partial charge in [-0.15, -0.1) is 0 Å². The topological polar surface area (TPSA) is 122 Å². The first kappa shape index (κ1) is 26.6. The van der Waals surface area contributed by atoms with Crippen molar-refractivity contribution in [3.63, 3.8) is 0 Å². The monoisotopic (exact) mass is 555 g/mol. The van der Waals surface area contributed by atoms with Crippen molar-refractivity contribution in [3.8, 4) is 11.5 Å². The molecule has 0 spiro atoms. The minimum atomic E-state index is -1.02. The molecule has 1 atom stereocenters. The minimum Gasteiger partial charge on any atom is -0.494 e. The Labute approximate surface area is 217 Å². The fraction of sp³-hybridized carbons (Fsp3) is 0.192. The highest BCUT2D eigenvalue weighted by Crippen LogP contribution is 2.39. The molecule has 0 heterocycles. The number of benzene rings is 3. The van der Waals surface area contributed by atoms with Gasteiger partial charge in [-0.3, -0.25) is 9.69 Å². The average Bonchev–Trinajstić information content (AvgIpc) is 2.84. The Balaban J connectivity index is 1.88. The van der Waals surface area contributed by atoms with Crippen LogP contribution in [0.1, 0.15) is 24.2 Å². The number of hydrogen-bond acceptors (Lipinski definition) is 5. The van der Waals surface area contributed by atoms with E-state index in [1.807, 2.05) is 13.0 Å². The van der Waals surface area contributed by atoms with E-state index in [0.717, 1.165) is 0 Å². The molecule has 188 valence electrons. The van der Waals surface area contributed by atoms with E-state index in [1.165, 1.54) is 31.1 Å². The molecule has 0 aliphatic carbocycles. The molecule has 9 nitrogen and oxygen atoms in total. The average molecular weight is 556 g/mol. The number of rotatable bonds is 9. The minimum absolute atomic E-state index is 0.153. The summed E-state index contributed by atoms with van der Waals surface area (Å²) in [6, 6.07) is 17.1. The van der Waals surface area contributed by atoms with Crippen LogP contribution in [0.3, 0.4) is 0 Å². The molecule has 0 aromatic heterocycles. The number of carbonyl (C=O) groups excluding carboxylic acids is 2. The van der Waals surface area contributed by atoms with Gasteiger partial charge < -0.3 is 25.2 Å². The molecule has 36 heavy (non-hydrogen) atoms. The third-order valence-electron chi connectivity index (χ3n) is 5.37. The standard InChI is InChI=1S/C26H26BrN3O6/c1-16(15-36-20-11-8-18(9-12-20)25(32)33)29(17(2)31)19-10-13-23(24(14-19)35-3)30(26(28)34)22-7-5-4-6-21(22)27/h4-14,16H,15H2,1-3H3,(H2,28,34)(H,32,33). The fourth-order valence-corrected chi connectivity index (χ4v) is 4.19. The second kappa shape index (κ2) is 11.6. The van der Waals surface area contributed by atoms with E-state index in [-0.39, 0.29) is 24.1 Å². The number of carbonyl (C=O) groups is 3. The second-order valence-electron chi connectivity index (χ2n) is 7.86. The predicted octanol–water partition coefficient (Wildman–Crippen LogP) is 5.19. The van der Waals surface area contributed by atoms with E-state index < -0.39 is 12.0 Å². The number of nitrogens with zero attached hydrogens (tertiary/aromatic N) is 2. The molecule has 10 heteroatoms. The number of nitrogens with two attached hydrogens (primary N) is 1. The van der Waals surface area contributed by atoms with Gasteiger partial charge in [-0.1, -0.05) is 12.1 Å². The summed E-state index contributed by atoms with van der Waals surface area (Å²) in [7, 11) is 1.47. The summed E-state index contributed by atoms with van der Waals surface area (Å²) in [6.07, 6.45) is 0. The number of para-hydroxylation sites is 1. The van der Waals surface area contributed by atoms with Gasteiger partial charge in [0.25, 0.3) is 0 Å². The summed E-state index contributed by atoms with van der Waals surface area (Å²) >= 11 is 3.45. The third-order valence-corrected chi connectivity index (χ3v) is 6.04. The van der Waals surface area contributed by atoms with Gasteiger partial charge in [-0.2, -0.15) is 0 Å². The zero-order valence-electron chi connectivity index (χ0n) is 20.0. The van der Waals surface area contributed by atoms with E-state index in [9.17, 15) is 14.4 Å². The zero-order chi connectivity index (χ0) is 26.4. The smallest absolute Gasteiger partial charge is 0.335 e. The van der Waals surface area contributed by atoms with Gasteiger partial charge in [-0.25, -0.2) is 9.59 Å². The molecule has 0 fully saturated rings. The van der Waals surface area contributed by atoms with Crippen molar-refractivity contribution < 1.29 is 29.0 Å². The first-order valence-electron chi connectivity index (χ1n) is 10.9. The Morgan fingerprint density at radius 2 is 1.69 bits per heavy atom. The summed E-state index contributed by atoms with van der Waals surface area (Å²) in [6.45, 7) is 3.42. The molecule has 0 radical (unpaired) electrons. The Kier molecular flexibility index (Phi) is 8.55. The van der Waals surface area contributed by atoms with E-state index in [0.29, 0.717) is 33.0 Å². The lowest BCUT2D eigenvalue weighted by Crippen LogP contribution is -2.41. The molecular weight excluding hydrogens is 530 g/mol. The maximum atomic E-state index is 12.6. The van der Waals surface area contributed by atoms with Crippen molar-refractivity contribution in [2.75, 3.05) is 23.5 Å². The summed E-state index contributed by atoms with van der Waals surface area (Å²) in [4.78, 5) is 38.9. The van der Waals surface area contributed by atoms with E-state index in [1.54, 1.807) is 53.4 Å². The highest BCUT2D eigenvalue weighted by molar-refractivity contribution is 9.10. The number of hydrogen-bond donors (Lipinski definition) is 2. The van der Waals surface area contributed by atoms with Crippen LogP contribution < -0.4 is 25.0 Å². The SMILES string of the molecule is COc1cc(N(C(C)=O)C(C)COc2ccc(C(=O)O)cc2)ccc1N(C(N)=O)c1ccccc1Br. The number of anilines is 3. The molecule has 1 unspecified atom stereocenters. The first-order valence-corrected chi connectivity index (χ1v) is 11.7. The Hall–Kier alpha value is -4.05. The van der Waals surface area contributed by atoms with Crippen LogP contribution in [0.4, 0.5) is 21.9 Å². The Bertz CT molecular complexity index is 1260. The second-order valence-corrected chi connectivity index (χ2v) is 8.71. The summed E-state index contributed by atoms with van der Waals surface area (Å²) < 4.78 is 12.0. The van der Waals surface area contributed by atoms with Crippen molar-refractivity contribution in [2.45, 2.75) is 19.9 Å². The number of ether oxygens (including phenoxy) is 2. The van der Waals surface area contributed by atoms with Crippen molar-refractivity contribution >= 4 is 50.9 Å². The number of urea groups is 1. The van der Waals surface area contributed by atoms with Crippen molar-refractivity contribution in [1.29, 1.82) is 0 Å². The van der Waals surface area contributed by atoms with Gasteiger partial charge in [0.2, 0.25) is 5.91 Å². The largest absolute Gasteiger partial charge is 0.494 e. The van der Waals surface area contributed by atoms with E-state index >= 15 is 0 Å². The van der Waals surface area contributed by atoms with Crippen LogP contribution in [-0.2, 0) is 4.79 Å². The number of carboxylic acid groups (broad SMARTS) is 1. The molecule has 0 saturated carbocycles. The molecule has 3 aromatic carbocycles. The van der Waals surface area contributed by atoms with Crippen LogP contribution in [0.25, 0.3) is 0 Å². The first-order chi connectivity index (χ1) is 17.1. The number of halogens is 1. The van der Waals surface area contributed by atoms with Gasteiger partial charge >= 0.3 is 12.0 Å². The quantitative estimate of drug-likeness (QED) is 0.374. The third kappa shape index (κ3) is 5.95. The number of amides is 3. The van der Waals surface area contributed by atoms with Crippen LogP contribution in [0.15, 0.2) is 71.2 Å². The van der Waals surface area contributed by atoms with Crippen LogP contribution in [0.5, 0.6) is 11.5 Å². The molecule has 0 aliphatic rings. The number of methoxy groups -OCH3 is 1. The lowest BCUT2D eigenvalue weighted by molar-refractivity contribution is -0.117. The molecule has 3 amide bonds. The molecule has 3 aromatic rings. The van der Waals surface area contributed by atoms with Crippen molar-refractivity contribution in [2.24, 2.45) is 5.73 Å². The van der Waals surface area contributed by atoms with Crippen molar-refractivity contribution in [3.05, 3.63) is 76.8 Å². The van der Waals surface area contributed by atoms with Gasteiger partial charge in [0, 0.05) is 23.2 Å². The molecule has 3 rings (SSSR count). The van der Waals surface area contributed by atoms with Gasteiger partial charge in [0.15, 0.2) is 0 Å². The summed E-state index contributed by atoms with van der Waals surface area (Å²) in [5, 5.41) is 9.03. The Morgan fingerprint density at radius 1 is 1.03 bits per heavy atom. The maximum Gasteiger partial charge on any atom is 0.335 e. The Morgan fingerprint density at radius 3 is 2.25 bits per heavy atom.